The predicted octanol–water partition coefficient (Wildman–Crippen LogP) is 4.54. The number of nitrogens with one attached hydrogen (secondary N) is 1. The van der Waals surface area contributed by atoms with Crippen molar-refractivity contribution in [3.8, 4) is 0 Å². The van der Waals surface area contributed by atoms with Gasteiger partial charge in [0.05, 0.1) is 6.04 Å². The number of carbonyl (C=O) groups is 2. The highest BCUT2D eigenvalue weighted by Gasteiger charge is 2.22. The normalized spacial score (nSPS) is 11.9. The van der Waals surface area contributed by atoms with Crippen LogP contribution in [0.4, 0.5) is 0 Å². The minimum Gasteiger partial charge on any atom is -0.449 e. The highest BCUT2D eigenvalue weighted by molar-refractivity contribution is 5.90. The first-order valence-electron chi connectivity index (χ1n) is 9.47. The van der Waals surface area contributed by atoms with E-state index in [-0.39, 0.29) is 11.9 Å². The van der Waals surface area contributed by atoms with Crippen LogP contribution >= 0.6 is 0 Å². The van der Waals surface area contributed by atoms with Crippen LogP contribution in [-0.4, -0.2) is 18.0 Å². The number of amides is 1. The molecule has 3 rings (SSSR count). The Morgan fingerprint density at radius 3 is 1.79 bits per heavy atom. The maximum Gasteiger partial charge on any atom is 0.331 e. The second-order valence-corrected chi connectivity index (χ2v) is 6.59. The van der Waals surface area contributed by atoms with Gasteiger partial charge in [-0.15, -0.1) is 0 Å². The van der Waals surface area contributed by atoms with E-state index in [1.807, 2.05) is 91.0 Å². The molecule has 0 aliphatic rings. The second-order valence-electron chi connectivity index (χ2n) is 6.59. The number of ether oxygens (including phenoxy) is 1. The average molecular weight is 385 g/mol. The van der Waals surface area contributed by atoms with Crippen molar-refractivity contribution in [3.63, 3.8) is 0 Å². The van der Waals surface area contributed by atoms with E-state index in [9.17, 15) is 9.59 Å². The average Bonchev–Trinajstić information content (AvgIpc) is 2.77. The van der Waals surface area contributed by atoms with Crippen LogP contribution in [0.15, 0.2) is 97.1 Å². The lowest BCUT2D eigenvalue weighted by atomic mass is 9.98. The fourth-order valence-electron chi connectivity index (χ4n) is 2.91. The van der Waals surface area contributed by atoms with Gasteiger partial charge in [-0.3, -0.25) is 4.79 Å². The third kappa shape index (κ3) is 5.91. The Kier molecular flexibility index (Phi) is 6.95. The fourth-order valence-corrected chi connectivity index (χ4v) is 2.91. The molecule has 146 valence electrons. The van der Waals surface area contributed by atoms with Crippen LogP contribution in [0.1, 0.15) is 29.7 Å². The van der Waals surface area contributed by atoms with Gasteiger partial charge in [-0.25, -0.2) is 4.79 Å². The van der Waals surface area contributed by atoms with E-state index < -0.39 is 12.1 Å². The summed E-state index contributed by atoms with van der Waals surface area (Å²) >= 11 is 0. The van der Waals surface area contributed by atoms with Crippen LogP contribution in [0.3, 0.4) is 0 Å². The van der Waals surface area contributed by atoms with Crippen molar-refractivity contribution in [1.29, 1.82) is 0 Å². The third-order valence-corrected chi connectivity index (χ3v) is 4.43. The predicted molar refractivity (Wildman–Crippen MR) is 114 cm³/mol. The Hall–Kier alpha value is -3.66. The van der Waals surface area contributed by atoms with Crippen LogP contribution in [0.5, 0.6) is 0 Å². The Morgan fingerprint density at radius 1 is 0.793 bits per heavy atom. The molecular formula is C25H23NO3. The first-order chi connectivity index (χ1) is 14.1. The van der Waals surface area contributed by atoms with Gasteiger partial charge in [-0.05, 0) is 29.7 Å². The molecule has 1 amide bonds. The molecule has 29 heavy (non-hydrogen) atoms. The summed E-state index contributed by atoms with van der Waals surface area (Å²) in [6, 6.07) is 28.5. The molecule has 3 aromatic carbocycles. The first-order valence-corrected chi connectivity index (χ1v) is 9.47. The lowest BCUT2D eigenvalue weighted by Gasteiger charge is -2.22. The summed E-state index contributed by atoms with van der Waals surface area (Å²) in [7, 11) is 0. The van der Waals surface area contributed by atoms with Crippen LogP contribution in [0.25, 0.3) is 6.08 Å². The van der Waals surface area contributed by atoms with Crippen molar-refractivity contribution in [2.24, 2.45) is 0 Å². The molecule has 1 N–H and O–H groups in total. The Bertz CT molecular complexity index is 914. The Balaban J connectivity index is 1.66. The standard InChI is InChI=1S/C25H23NO3/c1-19(29-23(27)18-17-20-11-5-2-6-12-20)25(28)26-24(21-13-7-3-8-14-21)22-15-9-4-10-16-22/h2-19,24H,1H3,(H,26,28). The maximum absolute atomic E-state index is 12.7. The number of benzene rings is 3. The summed E-state index contributed by atoms with van der Waals surface area (Å²) in [5, 5.41) is 2.99. The molecule has 0 radical (unpaired) electrons. The molecule has 0 aliphatic carbocycles. The van der Waals surface area contributed by atoms with Gasteiger partial charge < -0.3 is 10.1 Å². The molecule has 0 saturated carbocycles. The van der Waals surface area contributed by atoms with E-state index >= 15 is 0 Å². The number of rotatable bonds is 7. The quantitative estimate of drug-likeness (QED) is 0.480. The van der Waals surface area contributed by atoms with Gasteiger partial charge in [0.2, 0.25) is 0 Å². The van der Waals surface area contributed by atoms with E-state index in [0.717, 1.165) is 16.7 Å². The van der Waals surface area contributed by atoms with Gasteiger partial charge in [0.1, 0.15) is 0 Å². The summed E-state index contributed by atoms with van der Waals surface area (Å²) < 4.78 is 5.27. The first kappa shape index (κ1) is 20.1. The SMILES string of the molecule is CC(OC(=O)C=Cc1ccccc1)C(=O)NC(c1ccccc1)c1ccccc1. The number of hydrogen-bond acceptors (Lipinski definition) is 3. The number of esters is 1. The maximum atomic E-state index is 12.7. The molecule has 4 nitrogen and oxygen atoms in total. The van der Waals surface area contributed by atoms with Crippen molar-refractivity contribution < 1.29 is 14.3 Å². The molecule has 0 spiro atoms. The molecule has 0 saturated heterocycles. The van der Waals surface area contributed by atoms with Gasteiger partial charge in [-0.2, -0.15) is 0 Å². The monoisotopic (exact) mass is 385 g/mol. The van der Waals surface area contributed by atoms with E-state index in [1.165, 1.54) is 6.08 Å². The van der Waals surface area contributed by atoms with Crippen LogP contribution in [0, 0.1) is 0 Å². The van der Waals surface area contributed by atoms with Crippen molar-refractivity contribution in [1.82, 2.24) is 5.32 Å². The fraction of sp³-hybridized carbons (Fsp3) is 0.120. The molecular weight excluding hydrogens is 362 g/mol. The molecule has 4 heteroatoms. The Labute approximate surface area is 170 Å². The van der Waals surface area contributed by atoms with E-state index in [4.69, 9.17) is 4.74 Å². The molecule has 0 fully saturated rings. The van der Waals surface area contributed by atoms with Gasteiger partial charge in [0, 0.05) is 6.08 Å². The smallest absolute Gasteiger partial charge is 0.331 e. The van der Waals surface area contributed by atoms with Gasteiger partial charge >= 0.3 is 5.97 Å². The minimum atomic E-state index is -0.919. The van der Waals surface area contributed by atoms with Gasteiger partial charge in [0.25, 0.3) is 5.91 Å². The largest absolute Gasteiger partial charge is 0.449 e. The van der Waals surface area contributed by atoms with Crippen LogP contribution in [0.2, 0.25) is 0 Å². The highest BCUT2D eigenvalue weighted by Crippen LogP contribution is 2.22. The summed E-state index contributed by atoms with van der Waals surface area (Å²) in [5.41, 5.74) is 2.79. The lowest BCUT2D eigenvalue weighted by molar-refractivity contribution is -0.150. The van der Waals surface area contributed by atoms with Crippen LogP contribution in [-0.2, 0) is 14.3 Å². The molecule has 0 aromatic heterocycles. The zero-order valence-electron chi connectivity index (χ0n) is 16.2. The van der Waals surface area contributed by atoms with E-state index in [2.05, 4.69) is 5.32 Å². The molecule has 1 atom stereocenters. The zero-order valence-corrected chi connectivity index (χ0v) is 16.2. The summed E-state index contributed by atoms with van der Waals surface area (Å²) in [4.78, 5) is 24.8. The summed E-state index contributed by atoms with van der Waals surface area (Å²) in [6.45, 7) is 1.57. The highest BCUT2D eigenvalue weighted by atomic mass is 16.5. The molecule has 3 aromatic rings. The summed E-state index contributed by atoms with van der Waals surface area (Å²) in [5.74, 6) is -0.920. The van der Waals surface area contributed by atoms with Gasteiger partial charge in [0.15, 0.2) is 6.10 Å². The Morgan fingerprint density at radius 2 is 1.28 bits per heavy atom. The zero-order chi connectivity index (χ0) is 20.5. The van der Waals surface area contributed by atoms with Crippen molar-refractivity contribution in [3.05, 3.63) is 114 Å². The molecule has 0 aliphatic heterocycles. The number of carbonyl (C=O) groups excluding carboxylic acids is 2. The van der Waals surface area contributed by atoms with Crippen molar-refractivity contribution in [2.45, 2.75) is 19.1 Å². The lowest BCUT2D eigenvalue weighted by Crippen LogP contribution is -2.38. The second kappa shape index (κ2) is 10.0. The number of hydrogen-bond donors (Lipinski definition) is 1. The molecule has 0 heterocycles. The van der Waals surface area contributed by atoms with Gasteiger partial charge in [-0.1, -0.05) is 91.0 Å². The molecule has 0 bridgehead atoms. The summed E-state index contributed by atoms with van der Waals surface area (Å²) in [6.07, 6.45) is 2.06. The van der Waals surface area contributed by atoms with Crippen molar-refractivity contribution in [2.75, 3.05) is 0 Å². The molecule has 1 unspecified atom stereocenters. The third-order valence-electron chi connectivity index (χ3n) is 4.43. The van der Waals surface area contributed by atoms with E-state index in [1.54, 1.807) is 13.0 Å². The van der Waals surface area contributed by atoms with Crippen molar-refractivity contribution >= 4 is 18.0 Å². The van der Waals surface area contributed by atoms with Crippen LogP contribution < -0.4 is 5.32 Å². The van der Waals surface area contributed by atoms with E-state index in [0.29, 0.717) is 0 Å². The minimum absolute atomic E-state index is 0.328. The topological polar surface area (TPSA) is 55.4 Å².